The minimum Gasteiger partial charge on any atom is -0.482 e. The maximum Gasteiger partial charge on any atom is 0.422 e. The van der Waals surface area contributed by atoms with Crippen LogP contribution in [0.5, 0.6) is 5.75 Å². The average molecular weight is 408 g/mol. The van der Waals surface area contributed by atoms with Gasteiger partial charge in [-0.1, -0.05) is 19.8 Å². The van der Waals surface area contributed by atoms with Crippen molar-refractivity contribution in [3.8, 4) is 5.75 Å². The molecule has 6 nitrogen and oxygen atoms in total. The van der Waals surface area contributed by atoms with Crippen molar-refractivity contribution < 1.29 is 31.1 Å². The molecule has 0 radical (unpaired) electrons. The molecule has 1 aliphatic heterocycles. The summed E-state index contributed by atoms with van der Waals surface area (Å²) in [5.41, 5.74) is -0.0954. The Morgan fingerprint density at radius 1 is 1.19 bits per heavy atom. The van der Waals surface area contributed by atoms with Gasteiger partial charge in [0.25, 0.3) is 0 Å². The number of carbonyl (C=O) groups excluding carboxylic acids is 1. The first-order valence-corrected chi connectivity index (χ1v) is 10.2. The monoisotopic (exact) mass is 408 g/mol. The largest absolute Gasteiger partial charge is 0.482 e. The Hall–Kier alpha value is -1.81. The second kappa shape index (κ2) is 8.92. The highest BCUT2D eigenvalue weighted by Crippen LogP contribution is 2.31. The van der Waals surface area contributed by atoms with Crippen LogP contribution < -0.4 is 10.1 Å². The van der Waals surface area contributed by atoms with Crippen LogP contribution in [0.2, 0.25) is 0 Å². The number of halogens is 3. The van der Waals surface area contributed by atoms with E-state index in [0.717, 1.165) is 37.8 Å². The summed E-state index contributed by atoms with van der Waals surface area (Å²) in [4.78, 5) is 11.6. The molecule has 1 saturated heterocycles. The summed E-state index contributed by atoms with van der Waals surface area (Å²) in [6, 6.07) is 3.49. The van der Waals surface area contributed by atoms with Crippen molar-refractivity contribution in [1.82, 2.24) is 4.31 Å². The quantitative estimate of drug-likeness (QED) is 0.781. The molecule has 0 aromatic heterocycles. The third-order valence-corrected chi connectivity index (χ3v) is 6.04. The minimum atomic E-state index is -4.55. The number of alkyl halides is 3. The van der Waals surface area contributed by atoms with Crippen LogP contribution >= 0.6 is 0 Å². The Balaban J connectivity index is 2.33. The Morgan fingerprint density at radius 3 is 2.37 bits per heavy atom. The summed E-state index contributed by atoms with van der Waals surface area (Å²) in [5.74, 6) is -0.694. The molecule has 0 spiro atoms. The molecule has 1 aliphatic rings. The zero-order chi connectivity index (χ0) is 20.1. The normalized spacial score (nSPS) is 16.6. The number of sulfonamides is 1. The van der Waals surface area contributed by atoms with Crippen LogP contribution in [-0.2, 0) is 14.8 Å². The minimum absolute atomic E-state index is 0.0851. The lowest BCUT2D eigenvalue weighted by Gasteiger charge is -2.21. The summed E-state index contributed by atoms with van der Waals surface area (Å²) in [6.45, 7) is 0.820. The van der Waals surface area contributed by atoms with Crippen molar-refractivity contribution in [2.24, 2.45) is 0 Å². The number of rotatable bonds is 6. The van der Waals surface area contributed by atoms with Gasteiger partial charge in [0.15, 0.2) is 6.61 Å². The topological polar surface area (TPSA) is 75.7 Å². The molecule has 1 aromatic rings. The molecule has 1 heterocycles. The molecule has 0 saturated carbocycles. The van der Waals surface area contributed by atoms with Gasteiger partial charge in [0, 0.05) is 19.5 Å². The molecular weight excluding hydrogens is 385 g/mol. The van der Waals surface area contributed by atoms with Gasteiger partial charge in [-0.05, 0) is 31.0 Å². The van der Waals surface area contributed by atoms with Gasteiger partial charge in [-0.25, -0.2) is 8.42 Å². The number of hydrogen-bond acceptors (Lipinski definition) is 4. The summed E-state index contributed by atoms with van der Waals surface area (Å²) < 4.78 is 69.2. The molecule has 0 unspecified atom stereocenters. The molecule has 0 aliphatic carbocycles. The lowest BCUT2D eigenvalue weighted by Crippen LogP contribution is -2.32. The first kappa shape index (κ1) is 21.5. The van der Waals surface area contributed by atoms with Gasteiger partial charge >= 0.3 is 6.18 Å². The van der Waals surface area contributed by atoms with E-state index in [1.165, 1.54) is 10.4 Å². The maximum atomic E-state index is 12.9. The van der Waals surface area contributed by atoms with Gasteiger partial charge in [0.1, 0.15) is 5.75 Å². The molecule has 0 bridgehead atoms. The highest BCUT2D eigenvalue weighted by atomic mass is 32.2. The molecule has 27 heavy (non-hydrogen) atoms. The number of nitrogens with zero attached hydrogens (tertiary/aromatic N) is 1. The fourth-order valence-electron chi connectivity index (χ4n) is 2.72. The zero-order valence-electron chi connectivity index (χ0n) is 15.0. The summed E-state index contributed by atoms with van der Waals surface area (Å²) in [7, 11) is -3.81. The molecule has 1 aromatic carbocycles. The van der Waals surface area contributed by atoms with Crippen molar-refractivity contribution >= 4 is 21.6 Å². The first-order valence-electron chi connectivity index (χ1n) is 8.77. The number of amides is 1. The Labute approximate surface area is 156 Å². The second-order valence-corrected chi connectivity index (χ2v) is 8.22. The zero-order valence-corrected chi connectivity index (χ0v) is 15.8. The van der Waals surface area contributed by atoms with E-state index in [9.17, 15) is 26.4 Å². The number of ether oxygens (including phenoxy) is 1. The lowest BCUT2D eigenvalue weighted by molar-refractivity contribution is -0.153. The van der Waals surface area contributed by atoms with Crippen LogP contribution in [0.4, 0.5) is 18.9 Å². The van der Waals surface area contributed by atoms with Crippen molar-refractivity contribution in [2.75, 3.05) is 25.0 Å². The number of benzene rings is 1. The lowest BCUT2D eigenvalue weighted by atomic mass is 10.2. The fourth-order valence-corrected chi connectivity index (χ4v) is 4.27. The van der Waals surface area contributed by atoms with Crippen LogP contribution in [-0.4, -0.2) is 44.5 Å². The third-order valence-electron chi connectivity index (χ3n) is 4.14. The van der Waals surface area contributed by atoms with E-state index < -0.39 is 28.7 Å². The van der Waals surface area contributed by atoms with Crippen LogP contribution in [0.15, 0.2) is 23.1 Å². The van der Waals surface area contributed by atoms with E-state index in [0.29, 0.717) is 13.1 Å². The number of anilines is 1. The van der Waals surface area contributed by atoms with Gasteiger partial charge < -0.3 is 10.1 Å². The predicted octanol–water partition coefficient (Wildman–Crippen LogP) is 3.54. The number of hydrogen-bond donors (Lipinski definition) is 1. The smallest absolute Gasteiger partial charge is 0.422 e. The van der Waals surface area contributed by atoms with E-state index in [1.807, 2.05) is 0 Å². The van der Waals surface area contributed by atoms with Crippen molar-refractivity contribution in [3.63, 3.8) is 0 Å². The van der Waals surface area contributed by atoms with Crippen LogP contribution in [0.1, 0.15) is 39.0 Å². The first-order chi connectivity index (χ1) is 12.6. The van der Waals surface area contributed by atoms with E-state index in [4.69, 9.17) is 4.74 Å². The maximum absolute atomic E-state index is 12.9. The Kier molecular flexibility index (Phi) is 7.10. The molecule has 1 fully saturated rings. The summed E-state index contributed by atoms with van der Waals surface area (Å²) >= 11 is 0. The molecular formula is C17H23F3N2O4S. The molecule has 10 heteroatoms. The van der Waals surface area contributed by atoms with E-state index >= 15 is 0 Å². The highest BCUT2D eigenvalue weighted by molar-refractivity contribution is 7.89. The SMILES string of the molecule is CCC(=O)Nc1cc(S(=O)(=O)N2CCCCCC2)ccc1OCC(F)(F)F. The standard InChI is InChI=1S/C17H23F3N2O4S/c1-2-16(23)21-14-11-13(7-8-15(14)26-12-17(18,19)20)27(24,25)22-9-5-3-4-6-10-22/h7-8,11H,2-6,9-10,12H2,1H3,(H,21,23). The molecule has 152 valence electrons. The van der Waals surface area contributed by atoms with Gasteiger partial charge in [-0.3, -0.25) is 4.79 Å². The molecule has 1 N–H and O–H groups in total. The summed E-state index contributed by atoms with van der Waals surface area (Å²) in [6.07, 6.45) is -1.05. The van der Waals surface area contributed by atoms with Crippen LogP contribution in [0.25, 0.3) is 0 Å². The average Bonchev–Trinajstić information content (AvgIpc) is 2.89. The number of nitrogens with one attached hydrogen (secondary N) is 1. The van der Waals surface area contributed by atoms with Gasteiger partial charge in [0.05, 0.1) is 10.6 Å². The fraction of sp³-hybridized carbons (Fsp3) is 0.588. The third kappa shape index (κ3) is 6.10. The molecule has 0 atom stereocenters. The van der Waals surface area contributed by atoms with Gasteiger partial charge in [-0.2, -0.15) is 17.5 Å². The number of carbonyl (C=O) groups is 1. The van der Waals surface area contributed by atoms with Gasteiger partial charge in [-0.15, -0.1) is 0 Å². The highest BCUT2D eigenvalue weighted by Gasteiger charge is 2.30. The van der Waals surface area contributed by atoms with Crippen molar-refractivity contribution in [2.45, 2.75) is 50.1 Å². The van der Waals surface area contributed by atoms with Gasteiger partial charge in [0.2, 0.25) is 15.9 Å². The predicted molar refractivity (Wildman–Crippen MR) is 94.1 cm³/mol. The Morgan fingerprint density at radius 2 is 1.81 bits per heavy atom. The van der Waals surface area contributed by atoms with Crippen molar-refractivity contribution in [1.29, 1.82) is 0 Å². The molecule has 1 amide bonds. The molecule has 2 rings (SSSR count). The van der Waals surface area contributed by atoms with E-state index in [1.54, 1.807) is 6.92 Å². The van der Waals surface area contributed by atoms with E-state index in [2.05, 4.69) is 5.32 Å². The Bertz CT molecular complexity index is 758. The second-order valence-electron chi connectivity index (χ2n) is 6.28. The summed E-state index contributed by atoms with van der Waals surface area (Å²) in [5, 5.41) is 2.41. The van der Waals surface area contributed by atoms with Crippen LogP contribution in [0, 0.1) is 0 Å². The van der Waals surface area contributed by atoms with Crippen LogP contribution in [0.3, 0.4) is 0 Å². The van der Waals surface area contributed by atoms with E-state index in [-0.39, 0.29) is 22.8 Å². The van der Waals surface area contributed by atoms with Crippen molar-refractivity contribution in [3.05, 3.63) is 18.2 Å².